The molecule has 0 aliphatic heterocycles. The highest BCUT2D eigenvalue weighted by molar-refractivity contribution is 9.10. The second-order valence-corrected chi connectivity index (χ2v) is 5.10. The molecule has 98 valence electrons. The average molecular weight is 325 g/mol. The minimum absolute atomic E-state index is 0.307. The molecule has 5 nitrogen and oxygen atoms in total. The number of nitrogens with two attached hydrogens (primary N) is 1. The smallest absolute Gasteiger partial charge is 0.201 e. The van der Waals surface area contributed by atoms with E-state index in [0.717, 1.165) is 5.69 Å². The van der Waals surface area contributed by atoms with Crippen LogP contribution < -0.4 is 5.73 Å². The molecule has 7 heteroatoms. The topological polar surface area (TPSA) is 69.9 Å². The highest BCUT2D eigenvalue weighted by Crippen LogP contribution is 2.25. The van der Waals surface area contributed by atoms with E-state index in [-0.39, 0.29) is 5.82 Å². The van der Waals surface area contributed by atoms with E-state index in [1.807, 2.05) is 6.92 Å². The minimum atomic E-state index is -0.359. The number of nitrogens with zero attached hydrogens (tertiary/aromatic N) is 3. The molecule has 0 fully saturated rings. The lowest BCUT2D eigenvalue weighted by Gasteiger charge is -2.03. The Bertz CT molecular complexity index is 765. The van der Waals surface area contributed by atoms with Gasteiger partial charge in [0.25, 0.3) is 0 Å². The van der Waals surface area contributed by atoms with Gasteiger partial charge in [0, 0.05) is 12.1 Å². The van der Waals surface area contributed by atoms with E-state index in [1.54, 1.807) is 16.7 Å². The van der Waals surface area contributed by atoms with E-state index >= 15 is 0 Å². The van der Waals surface area contributed by atoms with Crippen molar-refractivity contribution in [2.24, 2.45) is 0 Å². The minimum Gasteiger partial charge on any atom is -0.369 e. The number of anilines is 1. The van der Waals surface area contributed by atoms with Gasteiger partial charge in [-0.2, -0.15) is 0 Å². The number of halogens is 2. The number of hydrogen-bond acceptors (Lipinski definition) is 4. The van der Waals surface area contributed by atoms with Crippen LogP contribution in [0, 0.1) is 12.7 Å². The maximum Gasteiger partial charge on any atom is 0.201 e. The van der Waals surface area contributed by atoms with Crippen LogP contribution in [0.1, 0.15) is 11.5 Å². The molecule has 0 amide bonds. The van der Waals surface area contributed by atoms with E-state index in [0.29, 0.717) is 33.8 Å². The Kier molecular flexibility index (Phi) is 2.78. The first kappa shape index (κ1) is 12.2. The van der Waals surface area contributed by atoms with E-state index < -0.39 is 0 Å². The first-order valence-corrected chi connectivity index (χ1v) is 6.37. The summed E-state index contributed by atoms with van der Waals surface area (Å²) in [5.41, 5.74) is 7.89. The van der Waals surface area contributed by atoms with E-state index in [9.17, 15) is 4.39 Å². The molecule has 0 aliphatic rings. The summed E-state index contributed by atoms with van der Waals surface area (Å²) >= 11 is 3.13. The number of aryl methyl sites for hydroxylation is 1. The molecule has 3 aromatic rings. The van der Waals surface area contributed by atoms with E-state index in [4.69, 9.17) is 10.3 Å². The highest BCUT2D eigenvalue weighted by Gasteiger charge is 2.13. The van der Waals surface area contributed by atoms with Crippen molar-refractivity contribution in [3.63, 3.8) is 0 Å². The first-order valence-electron chi connectivity index (χ1n) is 5.57. The SMILES string of the molecule is Cc1cc(Cn2c(N)nc3cc(Br)c(F)cc32)on1. The second kappa shape index (κ2) is 4.34. The third-order valence-electron chi connectivity index (χ3n) is 2.81. The summed E-state index contributed by atoms with van der Waals surface area (Å²) in [4.78, 5) is 4.20. The number of nitrogen functional groups attached to an aromatic ring is 1. The normalized spacial score (nSPS) is 11.3. The van der Waals surface area contributed by atoms with Gasteiger partial charge in [0.1, 0.15) is 5.82 Å². The molecule has 2 heterocycles. The van der Waals surface area contributed by atoms with Crippen molar-refractivity contribution < 1.29 is 8.91 Å². The highest BCUT2D eigenvalue weighted by atomic mass is 79.9. The fourth-order valence-electron chi connectivity index (χ4n) is 1.95. The molecular weight excluding hydrogens is 315 g/mol. The summed E-state index contributed by atoms with van der Waals surface area (Å²) in [6.45, 7) is 2.20. The number of fused-ring (bicyclic) bond motifs is 1. The molecule has 0 atom stereocenters. The van der Waals surface area contributed by atoms with Crippen molar-refractivity contribution in [2.45, 2.75) is 13.5 Å². The summed E-state index contributed by atoms with van der Waals surface area (Å²) in [6.07, 6.45) is 0. The van der Waals surface area contributed by atoms with Crippen molar-refractivity contribution in [3.05, 3.63) is 39.9 Å². The molecule has 0 spiro atoms. The van der Waals surface area contributed by atoms with Crippen LogP contribution in [-0.2, 0) is 6.54 Å². The van der Waals surface area contributed by atoms with Gasteiger partial charge < -0.3 is 14.8 Å². The molecule has 0 bridgehead atoms. The van der Waals surface area contributed by atoms with Crippen LogP contribution >= 0.6 is 15.9 Å². The Balaban J connectivity index is 2.12. The lowest BCUT2D eigenvalue weighted by Crippen LogP contribution is -2.04. The number of rotatable bonds is 2. The Morgan fingerprint density at radius 1 is 1.42 bits per heavy atom. The quantitative estimate of drug-likeness (QED) is 0.786. The maximum absolute atomic E-state index is 13.6. The Morgan fingerprint density at radius 3 is 2.89 bits per heavy atom. The third kappa shape index (κ3) is 2.10. The Morgan fingerprint density at radius 2 is 2.21 bits per heavy atom. The number of hydrogen-bond donors (Lipinski definition) is 1. The van der Waals surface area contributed by atoms with Crippen LogP contribution in [0.3, 0.4) is 0 Å². The second-order valence-electron chi connectivity index (χ2n) is 4.25. The summed E-state index contributed by atoms with van der Waals surface area (Å²) in [5, 5.41) is 3.81. The van der Waals surface area contributed by atoms with Crippen molar-refractivity contribution in [1.29, 1.82) is 0 Å². The predicted octanol–water partition coefficient (Wildman–Crippen LogP) is 2.86. The number of aromatic nitrogens is 3. The molecule has 0 aliphatic carbocycles. The zero-order valence-corrected chi connectivity index (χ0v) is 11.6. The van der Waals surface area contributed by atoms with Crippen LogP contribution in [0.4, 0.5) is 10.3 Å². The third-order valence-corrected chi connectivity index (χ3v) is 3.42. The molecule has 0 saturated carbocycles. The largest absolute Gasteiger partial charge is 0.369 e. The lowest BCUT2D eigenvalue weighted by atomic mass is 10.3. The van der Waals surface area contributed by atoms with E-state index in [2.05, 4.69) is 26.1 Å². The van der Waals surface area contributed by atoms with Gasteiger partial charge in [-0.1, -0.05) is 5.16 Å². The summed E-state index contributed by atoms with van der Waals surface area (Å²) < 4.78 is 20.8. The average Bonchev–Trinajstić information content (AvgIpc) is 2.87. The number of benzene rings is 1. The van der Waals surface area contributed by atoms with Gasteiger partial charge in [0.05, 0.1) is 27.7 Å². The summed E-state index contributed by atoms with van der Waals surface area (Å²) in [7, 11) is 0. The molecule has 1 aromatic carbocycles. The van der Waals surface area contributed by atoms with Crippen LogP contribution in [0.2, 0.25) is 0 Å². The summed E-state index contributed by atoms with van der Waals surface area (Å²) in [6, 6.07) is 4.80. The monoisotopic (exact) mass is 324 g/mol. The van der Waals surface area contributed by atoms with Crippen molar-refractivity contribution in [3.8, 4) is 0 Å². The van der Waals surface area contributed by atoms with Crippen molar-refractivity contribution >= 4 is 32.9 Å². The van der Waals surface area contributed by atoms with Gasteiger partial charge in [-0.25, -0.2) is 9.37 Å². The van der Waals surface area contributed by atoms with Crippen molar-refractivity contribution in [2.75, 3.05) is 5.73 Å². The lowest BCUT2D eigenvalue weighted by molar-refractivity contribution is 0.374. The molecule has 0 unspecified atom stereocenters. The molecule has 2 aromatic heterocycles. The standard InChI is InChI=1S/C12H10BrFN4O/c1-6-2-7(19-17-6)5-18-11-4-9(14)8(13)3-10(11)16-12(18)15/h2-4H,5H2,1H3,(H2,15,16). The van der Waals surface area contributed by atoms with E-state index in [1.165, 1.54) is 6.07 Å². The summed E-state index contributed by atoms with van der Waals surface area (Å²) in [5.74, 6) is 0.593. The molecule has 2 N–H and O–H groups in total. The molecule has 19 heavy (non-hydrogen) atoms. The molecule has 3 rings (SSSR count). The van der Waals surface area contributed by atoms with Gasteiger partial charge in [0.15, 0.2) is 5.76 Å². The number of imidazole rings is 1. The zero-order valence-electron chi connectivity index (χ0n) is 10.0. The fraction of sp³-hybridized carbons (Fsp3) is 0.167. The molecule has 0 radical (unpaired) electrons. The van der Waals surface area contributed by atoms with Crippen molar-refractivity contribution in [1.82, 2.24) is 14.7 Å². The van der Waals surface area contributed by atoms with Gasteiger partial charge >= 0.3 is 0 Å². The molecular formula is C12H10BrFN4O. The van der Waals surface area contributed by atoms with Gasteiger partial charge in [0.2, 0.25) is 5.95 Å². The van der Waals surface area contributed by atoms with Gasteiger partial charge in [-0.05, 0) is 28.9 Å². The fourth-order valence-corrected chi connectivity index (χ4v) is 2.28. The van der Waals surface area contributed by atoms with Crippen LogP contribution in [-0.4, -0.2) is 14.7 Å². The Hall–Kier alpha value is -1.89. The predicted molar refractivity (Wildman–Crippen MR) is 72.1 cm³/mol. The van der Waals surface area contributed by atoms with Crippen LogP contribution in [0.25, 0.3) is 11.0 Å². The van der Waals surface area contributed by atoms with Crippen LogP contribution in [0.15, 0.2) is 27.2 Å². The zero-order chi connectivity index (χ0) is 13.6. The van der Waals surface area contributed by atoms with Gasteiger partial charge in [-0.3, -0.25) is 0 Å². The first-order chi connectivity index (χ1) is 9.04. The Labute approximate surface area is 116 Å². The molecule has 0 saturated heterocycles. The maximum atomic E-state index is 13.6. The van der Waals surface area contributed by atoms with Crippen LogP contribution in [0.5, 0.6) is 0 Å². The van der Waals surface area contributed by atoms with Gasteiger partial charge in [-0.15, -0.1) is 0 Å².